The minimum Gasteiger partial charge on any atom is -0.449 e. The maximum atomic E-state index is 15.3. The average Bonchev–Trinajstić information content (AvgIpc) is 0.815. The molecule has 0 aromatic heterocycles. The van der Waals surface area contributed by atoms with E-state index in [2.05, 4.69) is 10.2 Å². The van der Waals surface area contributed by atoms with Gasteiger partial charge >= 0.3 is 6.09 Å². The van der Waals surface area contributed by atoms with E-state index >= 15 is 33.6 Å². The van der Waals surface area contributed by atoms with Crippen LogP contribution in [0.5, 0.6) is 0 Å². The third kappa shape index (κ3) is 23.2. The summed E-state index contributed by atoms with van der Waals surface area (Å²) in [5.41, 5.74) is 0. The van der Waals surface area contributed by atoms with E-state index in [0.717, 1.165) is 16.3 Å². The molecule has 0 bridgehead atoms. The highest BCUT2D eigenvalue weighted by Crippen LogP contribution is 2.30. The number of likely N-dealkylation sites (N-methyl/N-ethyl adjacent to an activating group) is 8. The first-order chi connectivity index (χ1) is 44.6. The van der Waals surface area contributed by atoms with E-state index in [1.54, 1.807) is 86.3 Å². The van der Waals surface area contributed by atoms with Crippen molar-refractivity contribution in [3.8, 4) is 0 Å². The van der Waals surface area contributed by atoms with Gasteiger partial charge in [0.2, 0.25) is 47.3 Å². The number of aliphatic hydroxyl groups excluding tert-OH is 1. The number of hydrogen-bond donors (Lipinski definition) is 2. The highest BCUT2D eigenvalue weighted by Gasteiger charge is 2.47. The minimum atomic E-state index is -1.65. The molecule has 0 aliphatic carbocycles. The molecule has 2 rings (SSSR count). The Kier molecular flexibility index (Phi) is 35.1. The second kappa shape index (κ2) is 39.3. The Bertz CT molecular complexity index is 2670. The van der Waals surface area contributed by atoms with Crippen LogP contribution in [0.3, 0.4) is 0 Å². The molecule has 548 valence electrons. The number of aliphatic hydroxyl groups is 1. The van der Waals surface area contributed by atoms with E-state index in [-0.39, 0.29) is 68.7 Å². The van der Waals surface area contributed by atoms with Crippen molar-refractivity contribution in [2.45, 2.75) is 230 Å². The summed E-state index contributed by atoms with van der Waals surface area (Å²) in [5, 5.41) is 15.0. The third-order valence-electron chi connectivity index (χ3n) is 19.8. The van der Waals surface area contributed by atoms with E-state index in [4.69, 9.17) is 4.74 Å². The summed E-state index contributed by atoms with van der Waals surface area (Å²) in [6.07, 6.45) is 1.32. The molecule has 2 heterocycles. The largest absolute Gasteiger partial charge is 0.449 e. The zero-order chi connectivity index (χ0) is 73.8. The molecule has 0 unspecified atom stereocenters. The minimum absolute atomic E-state index is 0.0204. The van der Waals surface area contributed by atoms with Crippen molar-refractivity contribution in [1.82, 2.24) is 49.4 Å². The molecule has 24 heteroatoms. The van der Waals surface area contributed by atoms with Crippen molar-refractivity contribution in [2.24, 2.45) is 59.2 Å². The Morgan fingerprint density at radius 2 is 0.990 bits per heavy atom. The Labute approximate surface area is 575 Å². The van der Waals surface area contributed by atoms with Gasteiger partial charge in [-0.2, -0.15) is 0 Å². The summed E-state index contributed by atoms with van der Waals surface area (Å²) in [7, 11) is 10.0. The van der Waals surface area contributed by atoms with Crippen LogP contribution in [-0.2, 0) is 57.5 Å². The summed E-state index contributed by atoms with van der Waals surface area (Å²) < 4.78 is 5.87. The topological polar surface area (TPSA) is 275 Å². The zero-order valence-electron chi connectivity index (χ0n) is 63.3. The quantitative estimate of drug-likeness (QED) is 0.151. The molecule has 0 radical (unpaired) electrons. The van der Waals surface area contributed by atoms with Crippen LogP contribution >= 0.6 is 0 Å². The number of nitrogens with zero attached hydrogens (tertiary/aromatic N) is 9. The normalized spacial score (nSPS) is 27.6. The zero-order valence-corrected chi connectivity index (χ0v) is 63.3. The fraction of sp³-hybridized carbons (Fsp3) is 0.806. The van der Waals surface area contributed by atoms with Gasteiger partial charge in [-0.25, -0.2) is 4.79 Å². The molecule has 2 fully saturated rings. The maximum Gasteiger partial charge on any atom is 0.409 e. The van der Waals surface area contributed by atoms with Crippen LogP contribution in [0.2, 0.25) is 0 Å². The number of nitrogens with one attached hydrogen (secondary N) is 1. The van der Waals surface area contributed by atoms with Crippen molar-refractivity contribution in [1.29, 1.82) is 0 Å². The van der Waals surface area contributed by atoms with Crippen molar-refractivity contribution in [2.75, 3.05) is 88.7 Å². The second-order valence-electron chi connectivity index (χ2n) is 29.7. The number of rotatable bonds is 17. The first kappa shape index (κ1) is 85.8. The van der Waals surface area contributed by atoms with Gasteiger partial charge in [0.25, 0.3) is 0 Å². The van der Waals surface area contributed by atoms with Crippen molar-refractivity contribution < 1.29 is 67.4 Å². The van der Waals surface area contributed by atoms with Gasteiger partial charge in [0.15, 0.2) is 11.6 Å². The number of Topliss-reactive ketones (excluding diaryl/α,β-unsaturated/α-hetero) is 3. The van der Waals surface area contributed by atoms with Crippen LogP contribution < -0.4 is 5.32 Å². The number of ether oxygens (including phenoxy) is 1. The summed E-state index contributed by atoms with van der Waals surface area (Å²) in [6, 6.07) is -10.2. The number of amides is 9. The molecule has 96 heavy (non-hydrogen) atoms. The van der Waals surface area contributed by atoms with E-state index in [1.165, 1.54) is 80.8 Å². The molecular formula is C72H126N10O14. The van der Waals surface area contributed by atoms with Gasteiger partial charge in [0.1, 0.15) is 42.0 Å². The number of piperazine rings is 1. The van der Waals surface area contributed by atoms with Gasteiger partial charge in [0, 0.05) is 118 Å². The Morgan fingerprint density at radius 3 is 1.47 bits per heavy atom. The summed E-state index contributed by atoms with van der Waals surface area (Å²) in [6.45, 7) is 34.4. The fourth-order valence-electron chi connectivity index (χ4n) is 13.2. The van der Waals surface area contributed by atoms with Gasteiger partial charge in [-0.05, 0) is 88.0 Å². The Morgan fingerprint density at radius 1 is 0.521 bits per heavy atom. The van der Waals surface area contributed by atoms with Crippen LogP contribution in [0.4, 0.5) is 4.79 Å². The summed E-state index contributed by atoms with van der Waals surface area (Å²) in [5.74, 6) is -12.5. The van der Waals surface area contributed by atoms with Crippen LogP contribution in [0.15, 0.2) is 12.2 Å². The van der Waals surface area contributed by atoms with E-state index < -0.39 is 167 Å². The molecule has 9 amide bonds. The van der Waals surface area contributed by atoms with Gasteiger partial charge in [-0.1, -0.05) is 123 Å². The lowest BCUT2D eigenvalue weighted by Gasteiger charge is -2.41. The molecule has 0 aromatic rings. The SMILES string of the molecule is C/C=C/C[C@@H](C)[C@@H](O)[C@H]1C(=O)N[C@@H](CC)C(=O)N(C)[C@H](C)C(=O)N(C)[C@@H]([C@@H](C)COC(=O)N2CCN(CC)CC2)C(=O)C[C@@H](C(C)C)C(=O)N(C)[C@@H](CC(C)C)C(=O)C[C@@H](C)C(=O)C[C@H](C)C(=O)N(C)[C@@H](CC(C)C)C(=O)N(C)[C@@H](CC(C)C)C(=O)N(C)[C@@H](C(C)C)C(=O)N1C. The molecule has 24 nitrogen and oxygen atoms in total. The number of hydrogen-bond acceptors (Lipinski definition) is 15. The van der Waals surface area contributed by atoms with Crippen molar-refractivity contribution in [3.05, 3.63) is 12.2 Å². The number of carbonyl (C=O) groups excluding carboxylic acids is 12. The van der Waals surface area contributed by atoms with Crippen LogP contribution in [0.25, 0.3) is 0 Å². The molecule has 0 aromatic carbocycles. The van der Waals surface area contributed by atoms with E-state index in [0.29, 0.717) is 32.6 Å². The molecule has 2 N–H and O–H groups in total. The number of allylic oxidation sites excluding steroid dienone is 2. The van der Waals surface area contributed by atoms with Gasteiger partial charge in [-0.15, -0.1) is 0 Å². The standard InChI is InChI=1S/C72H126N10O14/c1-26-29-30-47(14)63(86)62-64(87)73-53(27-2)68(91)74(19)51(18)66(89)79(24)61(50(17)41-96-72(95)82-33-31-81(28-3)32-34-82)59(85)40-52(45(10)11)67(90)75(20)54(35-42(4)5)58(84)38-48(15)57(83)39-49(16)65(88)76(21)55(36-43(6)7)69(92)77(22)56(37-44(8)9)70(93)78(23)60(46(12)13)71(94)80(62)25/h26,29,42-56,60-63,86H,27-28,30-41H2,1-25H3,(H,73,87)/b29-26+/t47-,48-,49+,50+,51-,52+,53+,54+,55+,56+,60+,61+,62+,63-/m1/s1. The van der Waals surface area contributed by atoms with E-state index in [9.17, 15) is 29.1 Å². The summed E-state index contributed by atoms with van der Waals surface area (Å²) in [4.78, 5) is 190. The highest BCUT2D eigenvalue weighted by atomic mass is 16.6. The molecule has 0 spiro atoms. The van der Waals surface area contributed by atoms with Crippen molar-refractivity contribution in [3.63, 3.8) is 0 Å². The van der Waals surface area contributed by atoms with Crippen LogP contribution in [0, 0.1) is 59.2 Å². The fourth-order valence-corrected chi connectivity index (χ4v) is 13.2. The van der Waals surface area contributed by atoms with Gasteiger partial charge in [-0.3, -0.25) is 52.7 Å². The lowest BCUT2D eigenvalue weighted by molar-refractivity contribution is -0.157. The maximum absolute atomic E-state index is 15.3. The predicted molar refractivity (Wildman–Crippen MR) is 371 cm³/mol. The van der Waals surface area contributed by atoms with Crippen LogP contribution in [-0.4, -0.2) is 263 Å². The molecule has 14 atom stereocenters. The smallest absolute Gasteiger partial charge is 0.409 e. The molecule has 2 aliphatic rings. The highest BCUT2D eigenvalue weighted by molar-refractivity contribution is 6.00. The predicted octanol–water partition coefficient (Wildman–Crippen LogP) is 6.29. The van der Waals surface area contributed by atoms with Crippen LogP contribution in [0.1, 0.15) is 176 Å². The first-order valence-electron chi connectivity index (χ1n) is 35.2. The lowest BCUT2D eigenvalue weighted by atomic mass is 9.83. The summed E-state index contributed by atoms with van der Waals surface area (Å²) >= 11 is 0. The first-order valence-corrected chi connectivity index (χ1v) is 35.2. The van der Waals surface area contributed by atoms with Gasteiger partial charge < -0.3 is 59.3 Å². The third-order valence-corrected chi connectivity index (χ3v) is 19.8. The Balaban J connectivity index is 3.05. The molecule has 2 aliphatic heterocycles. The van der Waals surface area contributed by atoms with Gasteiger partial charge in [0.05, 0.1) is 24.8 Å². The van der Waals surface area contributed by atoms with E-state index in [1.807, 2.05) is 48.5 Å². The lowest BCUT2D eigenvalue weighted by Crippen LogP contribution is -2.63. The number of ketones is 3. The molecular weight excluding hydrogens is 1230 g/mol. The average molecular weight is 1360 g/mol. The number of carbonyl (C=O) groups is 12. The Hall–Kier alpha value is -6.30. The monoisotopic (exact) mass is 1350 g/mol. The van der Waals surface area contributed by atoms with Crippen molar-refractivity contribution >= 4 is 70.7 Å². The second-order valence-corrected chi connectivity index (χ2v) is 29.7. The molecule has 0 saturated carbocycles. The molecule has 2 saturated heterocycles.